The number of likely N-dealkylation sites (N-methyl/N-ethyl adjacent to an activating group) is 1. The number of halogens is 3. The molecule has 14 heteroatoms. The number of quaternary nitrogens is 1. The number of benzene rings is 2. The van der Waals surface area contributed by atoms with Crippen LogP contribution in [0, 0.1) is 11.3 Å². The fourth-order valence-electron chi connectivity index (χ4n) is 5.32. The Morgan fingerprint density at radius 3 is 2.48 bits per heavy atom. The van der Waals surface area contributed by atoms with E-state index >= 15 is 0 Å². The van der Waals surface area contributed by atoms with Crippen molar-refractivity contribution in [3.8, 4) is 6.07 Å². The number of alkyl halides is 3. The molecule has 0 saturated carbocycles. The molecule has 0 amide bonds. The van der Waals surface area contributed by atoms with Gasteiger partial charge >= 0.3 is 17.8 Å². The first-order chi connectivity index (χ1) is 19.9. The van der Waals surface area contributed by atoms with Crippen molar-refractivity contribution in [1.29, 1.82) is 5.26 Å². The van der Waals surface area contributed by atoms with Crippen molar-refractivity contribution in [1.82, 2.24) is 14.8 Å². The average Bonchev–Trinajstić information content (AvgIpc) is 3.32. The number of nitriles is 1. The van der Waals surface area contributed by atoms with E-state index in [2.05, 4.69) is 16.3 Å². The quantitative estimate of drug-likeness (QED) is 0.256. The monoisotopic (exact) mass is 587 g/mol. The van der Waals surface area contributed by atoms with E-state index in [-0.39, 0.29) is 60.2 Å². The number of hydrogen-bond donors (Lipinski definition) is 3. The number of nitrogens with zero attached hydrogens (tertiary/aromatic N) is 5. The zero-order chi connectivity index (χ0) is 30.8. The number of carbonyl (C=O) groups is 1. The van der Waals surface area contributed by atoms with Gasteiger partial charge in [0.1, 0.15) is 25.7 Å². The number of fused-ring (bicyclic) bond motifs is 1. The van der Waals surface area contributed by atoms with E-state index in [1.165, 1.54) is 30.0 Å². The minimum absolute atomic E-state index is 0.0117. The van der Waals surface area contributed by atoms with Gasteiger partial charge in [-0.25, -0.2) is 19.3 Å². The summed E-state index contributed by atoms with van der Waals surface area (Å²) in [4.78, 5) is 27.9. The number of methoxy groups -OCH3 is 1. The van der Waals surface area contributed by atoms with Crippen molar-refractivity contribution in [3.63, 3.8) is 0 Å². The number of aliphatic hydroxyl groups excluding tert-OH is 2. The van der Waals surface area contributed by atoms with Gasteiger partial charge in [0.2, 0.25) is 5.95 Å². The largest absolute Gasteiger partial charge is 0.466 e. The molecule has 0 saturated heterocycles. The van der Waals surface area contributed by atoms with E-state index in [1.54, 1.807) is 12.1 Å². The number of allylic oxidation sites excluding steroid dienone is 1. The Morgan fingerprint density at radius 1 is 1.19 bits per heavy atom. The standard InChI is InChI=1S/C28H29F3N6O5/c1-17-23(25(40)42-3)24(22-8-7-18(15-32)13-19(22)16-37(2,9-11-38)10-12-39)36-26(33-34-27(36)41)35(17)21-6-4-5-20(14-21)28(29,30)31/h4-8,13-14,24,38-39H,9-12,16H2,1-3H3/p+1/t24-/m1/s1. The Balaban J connectivity index is 2.01. The lowest BCUT2D eigenvalue weighted by atomic mass is 9.89. The number of hydrogen-bond acceptors (Lipinski definition) is 8. The highest BCUT2D eigenvalue weighted by atomic mass is 19.4. The molecule has 0 unspecified atom stereocenters. The van der Waals surface area contributed by atoms with Crippen LogP contribution in [0.2, 0.25) is 0 Å². The third kappa shape index (κ3) is 5.67. The fourth-order valence-corrected chi connectivity index (χ4v) is 5.32. The summed E-state index contributed by atoms with van der Waals surface area (Å²) in [6.07, 6.45) is -4.65. The second-order valence-corrected chi connectivity index (χ2v) is 10.2. The lowest BCUT2D eigenvalue weighted by molar-refractivity contribution is -0.923. The molecule has 1 aromatic heterocycles. The van der Waals surface area contributed by atoms with Crippen molar-refractivity contribution < 1.29 is 37.4 Å². The summed E-state index contributed by atoms with van der Waals surface area (Å²) in [7, 11) is 2.96. The molecule has 1 atom stereocenters. The van der Waals surface area contributed by atoms with Gasteiger partial charge in [0.05, 0.1) is 50.1 Å². The Labute approximate surface area is 238 Å². The third-order valence-corrected chi connectivity index (χ3v) is 7.38. The number of carbonyl (C=O) groups excluding carboxylic acids is 1. The average molecular weight is 588 g/mol. The lowest BCUT2D eigenvalue weighted by Crippen LogP contribution is -2.47. The zero-order valence-corrected chi connectivity index (χ0v) is 23.1. The maximum Gasteiger partial charge on any atom is 0.416 e. The van der Waals surface area contributed by atoms with Crippen LogP contribution >= 0.6 is 0 Å². The Hall–Kier alpha value is -4.45. The smallest absolute Gasteiger partial charge is 0.416 e. The van der Waals surface area contributed by atoms with Crippen molar-refractivity contribution in [2.75, 3.05) is 45.4 Å². The van der Waals surface area contributed by atoms with Crippen LogP contribution in [-0.4, -0.2) is 75.9 Å². The second-order valence-electron chi connectivity index (χ2n) is 10.2. The van der Waals surface area contributed by atoms with E-state index in [9.17, 15) is 38.2 Å². The van der Waals surface area contributed by atoms with Crippen LogP contribution in [0.25, 0.3) is 0 Å². The van der Waals surface area contributed by atoms with Crippen molar-refractivity contribution >= 4 is 17.6 Å². The molecular weight excluding hydrogens is 557 g/mol. The maximum atomic E-state index is 13.6. The van der Waals surface area contributed by atoms with Crippen LogP contribution in [0.3, 0.4) is 0 Å². The van der Waals surface area contributed by atoms with Gasteiger partial charge in [0.15, 0.2) is 0 Å². The van der Waals surface area contributed by atoms with E-state index in [0.717, 1.165) is 23.8 Å². The van der Waals surface area contributed by atoms with Crippen LogP contribution in [0.1, 0.15) is 35.2 Å². The number of anilines is 2. The van der Waals surface area contributed by atoms with Gasteiger partial charge in [0.25, 0.3) is 0 Å². The van der Waals surface area contributed by atoms with Crippen LogP contribution in [0.4, 0.5) is 24.8 Å². The minimum atomic E-state index is -4.65. The summed E-state index contributed by atoms with van der Waals surface area (Å²) in [5.41, 5.74) is -0.234. The predicted octanol–water partition coefficient (Wildman–Crippen LogP) is 2.58. The third-order valence-electron chi connectivity index (χ3n) is 7.38. The van der Waals surface area contributed by atoms with Crippen molar-refractivity contribution in [3.05, 3.63) is 86.5 Å². The van der Waals surface area contributed by atoms with Crippen LogP contribution in [-0.2, 0) is 22.3 Å². The summed E-state index contributed by atoms with van der Waals surface area (Å²) in [5.74, 6) is -0.890. The molecule has 3 aromatic rings. The van der Waals surface area contributed by atoms with E-state index < -0.39 is 29.4 Å². The molecular formula is C28H30F3N6O5+. The van der Waals surface area contributed by atoms with Crippen molar-refractivity contribution in [2.24, 2.45) is 0 Å². The highest BCUT2D eigenvalue weighted by molar-refractivity contribution is 5.93. The van der Waals surface area contributed by atoms with Gasteiger partial charge in [0, 0.05) is 16.9 Å². The van der Waals surface area contributed by atoms with Gasteiger partial charge in [-0.2, -0.15) is 18.4 Å². The molecule has 2 aromatic carbocycles. The highest BCUT2D eigenvalue weighted by Crippen LogP contribution is 2.43. The summed E-state index contributed by atoms with van der Waals surface area (Å²) < 4.78 is 47.2. The molecule has 4 rings (SSSR count). The van der Waals surface area contributed by atoms with Gasteiger partial charge in [-0.15, -0.1) is 5.10 Å². The van der Waals surface area contributed by atoms with Gasteiger partial charge in [-0.1, -0.05) is 12.1 Å². The molecule has 0 fully saturated rings. The molecule has 1 aliphatic heterocycles. The summed E-state index contributed by atoms with van der Waals surface area (Å²) in [5, 5.41) is 35.5. The van der Waals surface area contributed by atoms with Crippen molar-refractivity contribution in [2.45, 2.75) is 25.7 Å². The predicted molar refractivity (Wildman–Crippen MR) is 144 cm³/mol. The lowest BCUT2D eigenvalue weighted by Gasteiger charge is -2.38. The zero-order valence-electron chi connectivity index (χ0n) is 23.1. The van der Waals surface area contributed by atoms with E-state index in [0.29, 0.717) is 16.7 Å². The van der Waals surface area contributed by atoms with Crippen LogP contribution in [0.15, 0.2) is 58.5 Å². The maximum absolute atomic E-state index is 13.6. The molecule has 1 aliphatic rings. The number of nitrogens with one attached hydrogen (secondary N) is 1. The topological polar surface area (TPSA) is 144 Å². The molecule has 3 N–H and O–H groups in total. The number of rotatable bonds is 9. The summed E-state index contributed by atoms with van der Waals surface area (Å²) in [6, 6.07) is 10.1. The summed E-state index contributed by atoms with van der Waals surface area (Å²) >= 11 is 0. The number of aromatic amines is 1. The van der Waals surface area contributed by atoms with E-state index in [4.69, 9.17) is 4.74 Å². The minimum Gasteiger partial charge on any atom is -0.466 e. The molecule has 222 valence electrons. The number of H-pyrrole nitrogens is 1. The van der Waals surface area contributed by atoms with Gasteiger partial charge < -0.3 is 19.4 Å². The molecule has 11 nitrogen and oxygen atoms in total. The molecule has 42 heavy (non-hydrogen) atoms. The number of esters is 1. The van der Waals surface area contributed by atoms with Gasteiger partial charge in [-0.3, -0.25) is 4.90 Å². The fraction of sp³-hybridized carbons (Fsp3) is 0.357. The SMILES string of the molecule is COC(=O)C1=C(C)N(c2cccc(C(F)(F)F)c2)c2n[nH]c(=O)n2[C@@H]1c1ccc(C#N)cc1C[N+](C)(CCO)CCO. The molecule has 0 aliphatic carbocycles. The second kappa shape index (κ2) is 11.8. The number of aromatic nitrogens is 3. The molecule has 0 spiro atoms. The number of ether oxygens (including phenoxy) is 1. The Bertz CT molecular complexity index is 1610. The van der Waals surface area contributed by atoms with E-state index in [1.807, 2.05) is 7.05 Å². The highest BCUT2D eigenvalue weighted by Gasteiger charge is 2.41. The Kier molecular flexibility index (Phi) is 8.58. The Morgan fingerprint density at radius 2 is 1.88 bits per heavy atom. The van der Waals surface area contributed by atoms with Crippen LogP contribution in [0.5, 0.6) is 0 Å². The first kappa shape index (κ1) is 30.5. The molecule has 0 radical (unpaired) electrons. The first-order valence-corrected chi connectivity index (χ1v) is 12.9. The first-order valence-electron chi connectivity index (χ1n) is 12.9. The number of aliphatic hydroxyl groups is 2. The van der Waals surface area contributed by atoms with Crippen LogP contribution < -0.4 is 10.6 Å². The molecule has 2 heterocycles. The summed E-state index contributed by atoms with van der Waals surface area (Å²) in [6.45, 7) is 1.88. The van der Waals surface area contributed by atoms with Gasteiger partial charge in [-0.05, 0) is 42.8 Å². The normalized spacial score (nSPS) is 15.4. The molecule has 0 bridgehead atoms.